The largest absolute Gasteiger partial charge is 0.489 e. The number of halogens is 1. The van der Waals surface area contributed by atoms with E-state index in [4.69, 9.17) is 16.3 Å². The van der Waals surface area contributed by atoms with Crippen molar-refractivity contribution in [2.24, 2.45) is 0 Å². The molecule has 0 atom stereocenters. The Hall–Kier alpha value is -4.02. The van der Waals surface area contributed by atoms with Crippen molar-refractivity contribution in [3.05, 3.63) is 130 Å². The van der Waals surface area contributed by atoms with E-state index in [2.05, 4.69) is 59.9 Å². The second kappa shape index (κ2) is 10.3. The van der Waals surface area contributed by atoms with E-state index in [-0.39, 0.29) is 5.41 Å². The third-order valence-electron chi connectivity index (χ3n) is 8.28. The molecule has 0 amide bonds. The lowest BCUT2D eigenvalue weighted by atomic mass is 9.61. The topological polar surface area (TPSA) is 58.6 Å². The molecule has 1 spiro atoms. The number of ether oxygens (including phenoxy) is 1. The molecule has 0 heterocycles. The summed E-state index contributed by atoms with van der Waals surface area (Å²) in [7, 11) is 0. The Balaban J connectivity index is 1.27. The van der Waals surface area contributed by atoms with Gasteiger partial charge >= 0.3 is 5.97 Å². The van der Waals surface area contributed by atoms with Gasteiger partial charge in [-0.2, -0.15) is 0 Å². The maximum absolute atomic E-state index is 12.6. The van der Waals surface area contributed by atoms with E-state index in [0.29, 0.717) is 24.5 Å². The molecule has 4 aromatic rings. The molecule has 196 valence electrons. The molecular formula is C34H30ClNO3. The summed E-state index contributed by atoms with van der Waals surface area (Å²) in [5.41, 5.74) is 5.46. The van der Waals surface area contributed by atoms with E-state index in [9.17, 15) is 9.90 Å². The summed E-state index contributed by atoms with van der Waals surface area (Å²) in [6.45, 7) is 0.523. The number of hydrogen-bond donors (Lipinski definition) is 2. The quantitative estimate of drug-likeness (QED) is 0.250. The minimum absolute atomic E-state index is 0.238. The Bertz CT molecular complexity index is 1520. The number of benzene rings is 4. The van der Waals surface area contributed by atoms with E-state index in [1.54, 1.807) is 12.1 Å². The van der Waals surface area contributed by atoms with Crippen molar-refractivity contribution in [2.75, 3.05) is 5.32 Å². The molecule has 1 saturated carbocycles. The van der Waals surface area contributed by atoms with Gasteiger partial charge in [0.15, 0.2) is 0 Å². The highest BCUT2D eigenvalue weighted by molar-refractivity contribution is 6.30. The van der Waals surface area contributed by atoms with Gasteiger partial charge in [-0.3, -0.25) is 0 Å². The number of allylic oxidation sites excluding steroid dienone is 1. The van der Waals surface area contributed by atoms with Gasteiger partial charge in [0.05, 0.1) is 0 Å². The standard InChI is InChI=1S/C34H30ClNO3/c35-27-10-6-11-28(22-27)36-34(32(37)38)19-17-33(18-20-34)30-12-5-4-9-26(30)21-31(33)25-13-15-29(16-14-25)39-23-24-7-2-1-3-8-24/h1-16,21-22,36H,17-20,23H2,(H,37,38). The van der Waals surface area contributed by atoms with Crippen LogP contribution in [-0.2, 0) is 16.8 Å². The summed E-state index contributed by atoms with van der Waals surface area (Å²) in [5.74, 6) is 0.000999. The van der Waals surface area contributed by atoms with Gasteiger partial charge in [0.1, 0.15) is 17.9 Å². The van der Waals surface area contributed by atoms with Crippen LogP contribution in [0.2, 0.25) is 5.02 Å². The molecule has 2 aliphatic rings. The van der Waals surface area contributed by atoms with Crippen LogP contribution in [-0.4, -0.2) is 16.6 Å². The highest BCUT2D eigenvalue weighted by atomic mass is 35.5. The second-order valence-electron chi connectivity index (χ2n) is 10.5. The zero-order chi connectivity index (χ0) is 26.9. The van der Waals surface area contributed by atoms with Crippen molar-refractivity contribution in [3.8, 4) is 5.75 Å². The van der Waals surface area contributed by atoms with Crippen LogP contribution in [0.25, 0.3) is 11.6 Å². The van der Waals surface area contributed by atoms with Crippen LogP contribution in [0.5, 0.6) is 5.75 Å². The van der Waals surface area contributed by atoms with Crippen LogP contribution < -0.4 is 10.1 Å². The molecule has 0 saturated heterocycles. The molecule has 6 rings (SSSR count). The molecule has 4 aromatic carbocycles. The number of carboxylic acids is 1. The van der Waals surface area contributed by atoms with Gasteiger partial charge in [-0.25, -0.2) is 4.79 Å². The summed E-state index contributed by atoms with van der Waals surface area (Å²) >= 11 is 6.19. The van der Waals surface area contributed by atoms with Crippen LogP contribution in [0.1, 0.15) is 47.9 Å². The number of aliphatic carboxylic acids is 1. The fourth-order valence-corrected chi connectivity index (χ4v) is 6.40. The van der Waals surface area contributed by atoms with Crippen molar-refractivity contribution < 1.29 is 14.6 Å². The smallest absolute Gasteiger partial charge is 0.329 e. The number of hydrogen-bond acceptors (Lipinski definition) is 3. The van der Waals surface area contributed by atoms with Gasteiger partial charge < -0.3 is 15.2 Å². The monoisotopic (exact) mass is 535 g/mol. The fourth-order valence-electron chi connectivity index (χ4n) is 6.21. The minimum atomic E-state index is -1.05. The van der Waals surface area contributed by atoms with E-state index in [1.807, 2.05) is 42.5 Å². The first-order chi connectivity index (χ1) is 19.0. The third-order valence-corrected chi connectivity index (χ3v) is 8.52. The first-order valence-corrected chi connectivity index (χ1v) is 13.7. The molecular weight excluding hydrogens is 506 g/mol. The molecule has 1 fully saturated rings. The van der Waals surface area contributed by atoms with E-state index < -0.39 is 11.5 Å². The Morgan fingerprint density at radius 1 is 0.846 bits per heavy atom. The van der Waals surface area contributed by atoms with Crippen LogP contribution in [0.4, 0.5) is 5.69 Å². The number of fused-ring (bicyclic) bond motifs is 2. The minimum Gasteiger partial charge on any atom is -0.489 e. The van der Waals surface area contributed by atoms with Crippen molar-refractivity contribution in [3.63, 3.8) is 0 Å². The van der Waals surface area contributed by atoms with Gasteiger partial charge in [0.25, 0.3) is 0 Å². The number of carbonyl (C=O) groups is 1. The van der Waals surface area contributed by atoms with Gasteiger partial charge in [-0.15, -0.1) is 0 Å². The molecule has 5 heteroatoms. The zero-order valence-electron chi connectivity index (χ0n) is 21.6. The van der Waals surface area contributed by atoms with E-state index in [0.717, 1.165) is 35.4 Å². The zero-order valence-corrected chi connectivity index (χ0v) is 22.3. The summed E-state index contributed by atoms with van der Waals surface area (Å²) in [5, 5.41) is 14.3. The number of anilines is 1. The molecule has 0 aliphatic heterocycles. The van der Waals surface area contributed by atoms with Crippen LogP contribution >= 0.6 is 11.6 Å². The number of rotatable bonds is 7. The molecule has 4 nitrogen and oxygen atoms in total. The molecule has 39 heavy (non-hydrogen) atoms. The molecule has 0 bridgehead atoms. The number of nitrogens with one attached hydrogen (secondary N) is 1. The fraction of sp³-hybridized carbons (Fsp3) is 0.206. The number of carboxylic acid groups (broad SMARTS) is 1. The Morgan fingerprint density at radius 2 is 1.56 bits per heavy atom. The average molecular weight is 536 g/mol. The van der Waals surface area contributed by atoms with Gasteiger partial charge in [-0.1, -0.05) is 84.4 Å². The molecule has 0 aromatic heterocycles. The third kappa shape index (κ3) is 4.81. The predicted octanol–water partition coefficient (Wildman–Crippen LogP) is 8.22. The maximum Gasteiger partial charge on any atom is 0.329 e. The summed E-state index contributed by atoms with van der Waals surface area (Å²) < 4.78 is 6.02. The van der Waals surface area contributed by atoms with Crippen molar-refractivity contribution in [2.45, 2.75) is 43.2 Å². The Kier molecular flexibility index (Phi) is 6.66. The summed E-state index contributed by atoms with van der Waals surface area (Å²) in [4.78, 5) is 12.6. The summed E-state index contributed by atoms with van der Waals surface area (Å²) in [6, 6.07) is 34.3. The average Bonchev–Trinajstić information content (AvgIpc) is 3.28. The molecule has 0 unspecified atom stereocenters. The summed E-state index contributed by atoms with van der Waals surface area (Å²) in [6.07, 6.45) is 4.73. The van der Waals surface area contributed by atoms with Crippen molar-refractivity contribution in [1.29, 1.82) is 0 Å². The highest BCUT2D eigenvalue weighted by Gasteiger charge is 2.51. The maximum atomic E-state index is 12.6. The molecule has 2 N–H and O–H groups in total. The highest BCUT2D eigenvalue weighted by Crippen LogP contribution is 2.56. The van der Waals surface area contributed by atoms with E-state index in [1.165, 1.54) is 16.7 Å². The van der Waals surface area contributed by atoms with E-state index >= 15 is 0 Å². The molecule has 2 aliphatic carbocycles. The Morgan fingerprint density at radius 3 is 2.28 bits per heavy atom. The van der Waals surface area contributed by atoms with Crippen LogP contribution in [0.15, 0.2) is 103 Å². The lowest BCUT2D eigenvalue weighted by Gasteiger charge is -2.45. The van der Waals surface area contributed by atoms with Gasteiger partial charge in [-0.05, 0) is 89.9 Å². The lowest BCUT2D eigenvalue weighted by molar-refractivity contribution is -0.143. The van der Waals surface area contributed by atoms with Crippen LogP contribution in [0, 0.1) is 0 Å². The van der Waals surface area contributed by atoms with Gasteiger partial charge in [0.2, 0.25) is 0 Å². The SMILES string of the molecule is O=C(O)C1(Nc2cccc(Cl)c2)CCC2(CC1)C(c1ccc(OCc3ccccc3)cc1)=Cc1ccccc12. The predicted molar refractivity (Wildman–Crippen MR) is 157 cm³/mol. The van der Waals surface area contributed by atoms with Crippen molar-refractivity contribution >= 4 is 34.9 Å². The normalized spacial score (nSPS) is 21.7. The second-order valence-corrected chi connectivity index (χ2v) is 11.0. The van der Waals surface area contributed by atoms with Crippen LogP contribution in [0.3, 0.4) is 0 Å². The van der Waals surface area contributed by atoms with Gasteiger partial charge in [0, 0.05) is 16.1 Å². The first kappa shape index (κ1) is 25.3. The Labute approximate surface area is 233 Å². The first-order valence-electron chi connectivity index (χ1n) is 13.3. The van der Waals surface area contributed by atoms with Crippen molar-refractivity contribution in [1.82, 2.24) is 0 Å². The molecule has 0 radical (unpaired) electrons. The lowest BCUT2D eigenvalue weighted by Crippen LogP contribution is -2.52.